The molecule has 0 bridgehead atoms. The number of fused-ring (bicyclic) bond motifs is 1. The smallest absolute Gasteiger partial charge is 0.250 e. The summed E-state index contributed by atoms with van der Waals surface area (Å²) in [5.41, 5.74) is 1.42. The van der Waals surface area contributed by atoms with Gasteiger partial charge in [0.25, 0.3) is 0 Å². The molecule has 1 saturated carbocycles. The highest BCUT2D eigenvalue weighted by molar-refractivity contribution is 5.84. The number of carbonyl (C=O) groups excluding carboxylic acids is 1. The fourth-order valence-corrected chi connectivity index (χ4v) is 3.97. The third-order valence-electron chi connectivity index (χ3n) is 5.39. The van der Waals surface area contributed by atoms with Gasteiger partial charge in [-0.25, -0.2) is 4.98 Å². The maximum absolute atomic E-state index is 13.2. The number of nitrogens with zero attached hydrogens (tertiary/aromatic N) is 3. The lowest BCUT2D eigenvalue weighted by Crippen LogP contribution is -2.36. The fraction of sp³-hybridized carbons (Fsp3) is 0.500. The van der Waals surface area contributed by atoms with E-state index >= 15 is 0 Å². The van der Waals surface area contributed by atoms with E-state index in [4.69, 9.17) is 11.2 Å². The maximum Gasteiger partial charge on any atom is 0.250 e. The molecule has 0 N–H and O–H groups in total. The van der Waals surface area contributed by atoms with Crippen LogP contribution in [0.25, 0.3) is 0 Å². The molecule has 1 amide bonds. The van der Waals surface area contributed by atoms with Gasteiger partial charge >= 0.3 is 0 Å². The Morgan fingerprint density at radius 3 is 2.96 bits per heavy atom. The fourth-order valence-electron chi connectivity index (χ4n) is 3.97. The highest BCUT2D eigenvalue weighted by Crippen LogP contribution is 2.52. The summed E-state index contributed by atoms with van der Waals surface area (Å²) in [6.45, 7) is 4.38. The van der Waals surface area contributed by atoms with Crippen molar-refractivity contribution in [1.82, 2.24) is 14.5 Å². The molecule has 0 radical (unpaired) electrons. The molecule has 1 aromatic rings. The predicted molar refractivity (Wildman–Crippen MR) is 94.7 cm³/mol. The predicted octanol–water partition coefficient (Wildman–Crippen LogP) is 2.32. The monoisotopic (exact) mass is 337 g/mol. The summed E-state index contributed by atoms with van der Waals surface area (Å²) in [7, 11) is 0. The van der Waals surface area contributed by atoms with Gasteiger partial charge in [0.15, 0.2) is 0 Å². The van der Waals surface area contributed by atoms with E-state index in [2.05, 4.69) is 23.1 Å². The Hall–Kier alpha value is -2.32. The summed E-state index contributed by atoms with van der Waals surface area (Å²) in [5, 5.41) is 0. The minimum atomic E-state index is -0.399. The van der Waals surface area contributed by atoms with Gasteiger partial charge in [-0.15, -0.1) is 6.42 Å². The number of hydrogen-bond donors (Lipinski definition) is 0. The molecular formula is C20H23N3O2. The minimum Gasteiger partial charge on any atom is -0.371 e. The molecule has 0 spiro atoms. The van der Waals surface area contributed by atoms with E-state index in [1.54, 1.807) is 12.5 Å². The lowest BCUT2D eigenvalue weighted by molar-refractivity contribution is -0.132. The molecule has 3 atom stereocenters. The zero-order valence-corrected chi connectivity index (χ0v) is 14.5. The van der Waals surface area contributed by atoms with Gasteiger partial charge in [-0.2, -0.15) is 0 Å². The van der Waals surface area contributed by atoms with Crippen LogP contribution < -0.4 is 0 Å². The van der Waals surface area contributed by atoms with E-state index in [-0.39, 0.29) is 11.5 Å². The molecule has 2 heterocycles. The second-order valence-corrected chi connectivity index (χ2v) is 6.98. The molecule has 4 rings (SSSR count). The average molecular weight is 337 g/mol. The normalized spacial score (nSPS) is 28.2. The maximum atomic E-state index is 13.2. The molecule has 130 valence electrons. The molecule has 2 aliphatic carbocycles. The Balaban J connectivity index is 1.64. The molecule has 1 aliphatic heterocycles. The van der Waals surface area contributed by atoms with Crippen LogP contribution in [0.1, 0.15) is 37.9 Å². The summed E-state index contributed by atoms with van der Waals surface area (Å²) >= 11 is 0. The van der Waals surface area contributed by atoms with Crippen molar-refractivity contribution in [2.24, 2.45) is 5.92 Å². The van der Waals surface area contributed by atoms with E-state index in [9.17, 15) is 4.79 Å². The first kappa shape index (κ1) is 16.2. The first-order valence-corrected chi connectivity index (χ1v) is 9.00. The molecule has 2 fully saturated rings. The Kier molecular flexibility index (Phi) is 4.01. The van der Waals surface area contributed by atoms with Crippen LogP contribution in [-0.4, -0.2) is 45.7 Å². The van der Waals surface area contributed by atoms with Crippen LogP contribution in [-0.2, 0) is 9.53 Å². The van der Waals surface area contributed by atoms with Crippen LogP contribution in [0.2, 0.25) is 0 Å². The topological polar surface area (TPSA) is 47.4 Å². The number of amides is 1. The largest absolute Gasteiger partial charge is 0.371 e. The molecule has 0 aromatic carbocycles. The molecule has 5 nitrogen and oxygen atoms in total. The number of imidazole rings is 1. The number of hydrogen-bond acceptors (Lipinski definition) is 3. The third kappa shape index (κ3) is 2.81. The number of allylic oxidation sites excluding steroid dienone is 1. The highest BCUT2D eigenvalue weighted by Gasteiger charge is 2.54. The number of carbonyl (C=O) groups is 1. The summed E-state index contributed by atoms with van der Waals surface area (Å²) in [5.74, 6) is 3.02. The van der Waals surface area contributed by atoms with Crippen molar-refractivity contribution < 1.29 is 9.53 Å². The van der Waals surface area contributed by atoms with Gasteiger partial charge in [0.2, 0.25) is 5.91 Å². The quantitative estimate of drug-likeness (QED) is 0.775. The van der Waals surface area contributed by atoms with Crippen molar-refractivity contribution in [2.45, 2.75) is 37.8 Å². The number of terminal acetylenes is 1. The Bertz CT molecular complexity index is 779. The third-order valence-corrected chi connectivity index (χ3v) is 5.39. The highest BCUT2D eigenvalue weighted by atomic mass is 16.5. The molecular weight excluding hydrogens is 314 g/mol. The lowest BCUT2D eigenvalue weighted by atomic mass is 9.97. The van der Waals surface area contributed by atoms with E-state index in [1.807, 2.05) is 22.5 Å². The van der Waals surface area contributed by atoms with Gasteiger partial charge < -0.3 is 14.2 Å². The van der Waals surface area contributed by atoms with Gasteiger partial charge in [-0.05, 0) is 37.7 Å². The van der Waals surface area contributed by atoms with Crippen LogP contribution in [0, 0.1) is 18.3 Å². The number of ether oxygens (including phenoxy) is 1. The Morgan fingerprint density at radius 2 is 2.32 bits per heavy atom. The second-order valence-electron chi connectivity index (χ2n) is 6.98. The van der Waals surface area contributed by atoms with Crippen molar-refractivity contribution >= 4 is 5.91 Å². The number of likely N-dealkylation sites (tertiary alicyclic amines) is 1. The zero-order valence-electron chi connectivity index (χ0n) is 14.5. The summed E-state index contributed by atoms with van der Waals surface area (Å²) < 4.78 is 7.74. The second kappa shape index (κ2) is 6.20. The van der Waals surface area contributed by atoms with Gasteiger partial charge in [-0.3, -0.25) is 4.79 Å². The number of rotatable bonds is 5. The average Bonchev–Trinajstić information content (AvgIpc) is 3.01. The van der Waals surface area contributed by atoms with Gasteiger partial charge in [0, 0.05) is 31.8 Å². The van der Waals surface area contributed by atoms with E-state index in [0.29, 0.717) is 18.2 Å². The van der Waals surface area contributed by atoms with Crippen molar-refractivity contribution in [3.05, 3.63) is 42.0 Å². The van der Waals surface area contributed by atoms with Crippen LogP contribution in [0.4, 0.5) is 0 Å². The van der Waals surface area contributed by atoms with Crippen molar-refractivity contribution in [1.29, 1.82) is 0 Å². The first-order chi connectivity index (χ1) is 12.2. The molecule has 1 aromatic heterocycles. The van der Waals surface area contributed by atoms with Crippen LogP contribution in [0.5, 0.6) is 0 Å². The van der Waals surface area contributed by atoms with Gasteiger partial charge in [0.05, 0.1) is 11.9 Å². The van der Waals surface area contributed by atoms with Gasteiger partial charge in [-0.1, -0.05) is 18.2 Å². The molecule has 5 heteroatoms. The van der Waals surface area contributed by atoms with Gasteiger partial charge in [0.1, 0.15) is 11.7 Å². The van der Waals surface area contributed by atoms with Crippen molar-refractivity contribution in [2.75, 3.05) is 19.7 Å². The van der Waals surface area contributed by atoms with E-state index in [1.165, 1.54) is 0 Å². The van der Waals surface area contributed by atoms with E-state index in [0.717, 1.165) is 37.9 Å². The van der Waals surface area contributed by atoms with E-state index < -0.39 is 6.04 Å². The summed E-state index contributed by atoms with van der Waals surface area (Å²) in [6.07, 6.45) is 18.4. The van der Waals surface area contributed by atoms with Crippen LogP contribution in [0.3, 0.4) is 0 Å². The zero-order chi connectivity index (χ0) is 17.4. The standard InChI is InChI=1S/C20H23N3O2/c1-3-17-13-23(14-21-17)18(19(24)22-9-5-6-10-22)15-7-8-20(25-4-2)12-16(20)11-15/h1,7-8,11,13-14,16,18H,4-6,9-10,12H2,2H3. The van der Waals surface area contributed by atoms with Crippen LogP contribution >= 0.6 is 0 Å². The SMILES string of the molecule is C#Cc1cn(C(C(=O)N2CCCC2)C2=CC3CC3(OCC)C=C2)cn1. The molecule has 3 unspecified atom stereocenters. The lowest BCUT2D eigenvalue weighted by Gasteiger charge is -2.27. The number of aromatic nitrogens is 2. The summed E-state index contributed by atoms with van der Waals surface area (Å²) in [6, 6.07) is -0.399. The van der Waals surface area contributed by atoms with Crippen molar-refractivity contribution in [3.8, 4) is 12.3 Å². The molecule has 1 saturated heterocycles. The van der Waals surface area contributed by atoms with Crippen molar-refractivity contribution in [3.63, 3.8) is 0 Å². The molecule has 25 heavy (non-hydrogen) atoms. The summed E-state index contributed by atoms with van der Waals surface area (Å²) in [4.78, 5) is 19.4. The Labute approximate surface area is 148 Å². The Morgan fingerprint density at radius 1 is 1.52 bits per heavy atom. The molecule has 3 aliphatic rings. The van der Waals surface area contributed by atoms with Crippen LogP contribution in [0.15, 0.2) is 36.3 Å². The first-order valence-electron chi connectivity index (χ1n) is 9.00. The minimum absolute atomic E-state index is 0.124.